The molecule has 3 N–H and O–H groups in total. The van der Waals surface area contributed by atoms with Crippen LogP contribution < -0.4 is 11.1 Å². The van der Waals surface area contributed by atoms with Crippen LogP contribution in [0.2, 0.25) is 5.02 Å². The number of benzene rings is 2. The van der Waals surface area contributed by atoms with Gasteiger partial charge in [-0.25, -0.2) is 4.39 Å². The smallest absolute Gasteiger partial charge is 0.250 e. The second-order valence-electron chi connectivity index (χ2n) is 7.82. The molecule has 0 radical (unpaired) electrons. The fourth-order valence-electron chi connectivity index (χ4n) is 3.61. The maximum atomic E-state index is 14.1. The molecule has 9 heteroatoms. The number of nitrogens with zero attached hydrogens (tertiary/aromatic N) is 2. The van der Waals surface area contributed by atoms with E-state index in [9.17, 15) is 18.8 Å². The highest BCUT2D eigenvalue weighted by molar-refractivity contribution is 6.30. The van der Waals surface area contributed by atoms with Crippen LogP contribution in [0.4, 0.5) is 4.39 Å². The molecule has 0 aliphatic heterocycles. The van der Waals surface area contributed by atoms with Crippen molar-refractivity contribution in [1.29, 1.82) is 0 Å². The molecule has 174 valence electrons. The molecule has 0 unspecified atom stereocenters. The molecular weight excluding hydrogens is 447 g/mol. The number of rotatable bonds is 9. The van der Waals surface area contributed by atoms with Crippen molar-refractivity contribution >= 4 is 40.2 Å². The fraction of sp³-hybridized carbons (Fsp3) is 0.292. The first-order valence-corrected chi connectivity index (χ1v) is 11.0. The Morgan fingerprint density at radius 1 is 1.18 bits per heavy atom. The normalized spacial score (nSPS) is 11.9. The lowest BCUT2D eigenvalue weighted by atomic mass is 10.2. The third-order valence-corrected chi connectivity index (χ3v) is 5.92. The first-order valence-electron chi connectivity index (χ1n) is 10.6. The number of aromatic nitrogens is 1. The molecule has 1 atom stereocenters. The number of hydrogen-bond acceptors (Lipinski definition) is 3. The molecule has 1 heterocycles. The van der Waals surface area contributed by atoms with E-state index in [0.717, 1.165) is 0 Å². The predicted octanol–water partition coefficient (Wildman–Crippen LogP) is 3.48. The van der Waals surface area contributed by atoms with Crippen molar-refractivity contribution in [3.05, 3.63) is 70.6 Å². The van der Waals surface area contributed by atoms with Crippen LogP contribution in [0.3, 0.4) is 0 Å². The summed E-state index contributed by atoms with van der Waals surface area (Å²) in [7, 11) is 0. The summed E-state index contributed by atoms with van der Waals surface area (Å²) < 4.78 is 15.7. The van der Waals surface area contributed by atoms with E-state index in [4.69, 9.17) is 17.3 Å². The van der Waals surface area contributed by atoms with Gasteiger partial charge in [-0.2, -0.15) is 0 Å². The van der Waals surface area contributed by atoms with Crippen molar-refractivity contribution in [2.24, 2.45) is 5.73 Å². The van der Waals surface area contributed by atoms with Crippen LogP contribution in [0.1, 0.15) is 36.2 Å². The van der Waals surface area contributed by atoms with Gasteiger partial charge in [-0.1, -0.05) is 48.9 Å². The number of nitrogens with two attached hydrogens (primary N) is 1. The van der Waals surface area contributed by atoms with E-state index < -0.39 is 17.6 Å². The monoisotopic (exact) mass is 472 g/mol. The molecule has 0 saturated heterocycles. The van der Waals surface area contributed by atoms with Crippen LogP contribution in [-0.2, 0) is 22.7 Å². The lowest BCUT2D eigenvalue weighted by Gasteiger charge is -2.28. The molecule has 3 rings (SSSR count). The van der Waals surface area contributed by atoms with E-state index in [1.54, 1.807) is 35.0 Å². The molecule has 0 spiro atoms. The summed E-state index contributed by atoms with van der Waals surface area (Å²) in [5.74, 6) is -1.87. The summed E-state index contributed by atoms with van der Waals surface area (Å²) >= 11 is 5.78. The highest BCUT2D eigenvalue weighted by Gasteiger charge is 2.23. The Hall–Kier alpha value is -3.39. The van der Waals surface area contributed by atoms with Gasteiger partial charge < -0.3 is 20.5 Å². The minimum Gasteiger partial charge on any atom is -0.366 e. The number of amides is 3. The molecule has 0 aliphatic rings. The van der Waals surface area contributed by atoms with Crippen LogP contribution in [0.15, 0.2) is 48.7 Å². The van der Waals surface area contributed by atoms with Gasteiger partial charge in [0.15, 0.2) is 0 Å². The van der Waals surface area contributed by atoms with Crippen LogP contribution >= 0.6 is 11.6 Å². The highest BCUT2D eigenvalue weighted by Crippen LogP contribution is 2.21. The Morgan fingerprint density at radius 3 is 2.61 bits per heavy atom. The second kappa shape index (κ2) is 10.5. The van der Waals surface area contributed by atoms with Gasteiger partial charge in [0.25, 0.3) is 5.91 Å². The Morgan fingerprint density at radius 2 is 1.91 bits per heavy atom. The third kappa shape index (κ3) is 5.51. The first kappa shape index (κ1) is 24.3. The number of carbonyl (C=O) groups is 3. The van der Waals surface area contributed by atoms with Gasteiger partial charge in [0.05, 0.1) is 17.1 Å². The number of primary amides is 1. The molecule has 7 nitrogen and oxygen atoms in total. The fourth-order valence-corrected chi connectivity index (χ4v) is 3.80. The van der Waals surface area contributed by atoms with Gasteiger partial charge in [-0.05, 0) is 25.5 Å². The van der Waals surface area contributed by atoms with Crippen molar-refractivity contribution in [2.45, 2.75) is 39.4 Å². The number of carbonyl (C=O) groups excluding carboxylic acids is 3. The van der Waals surface area contributed by atoms with E-state index in [0.29, 0.717) is 22.9 Å². The molecule has 0 fully saturated rings. The zero-order valence-corrected chi connectivity index (χ0v) is 19.2. The largest absolute Gasteiger partial charge is 0.366 e. The molecule has 3 amide bonds. The van der Waals surface area contributed by atoms with Crippen LogP contribution in [0, 0.1) is 5.82 Å². The van der Waals surface area contributed by atoms with Gasteiger partial charge in [-0.15, -0.1) is 0 Å². The van der Waals surface area contributed by atoms with E-state index >= 15 is 0 Å². The van der Waals surface area contributed by atoms with E-state index in [2.05, 4.69) is 5.32 Å². The molecule has 1 aromatic heterocycles. The lowest BCUT2D eigenvalue weighted by Crippen LogP contribution is -2.46. The van der Waals surface area contributed by atoms with E-state index in [-0.39, 0.29) is 42.2 Å². The quantitative estimate of drug-likeness (QED) is 0.499. The predicted molar refractivity (Wildman–Crippen MR) is 125 cm³/mol. The van der Waals surface area contributed by atoms with Gasteiger partial charge in [-0.3, -0.25) is 14.4 Å². The first-order chi connectivity index (χ1) is 15.7. The molecule has 3 aromatic rings. The van der Waals surface area contributed by atoms with Gasteiger partial charge in [0.1, 0.15) is 12.4 Å². The standard InChI is InChI=1S/C24H26ClFN4O3/c1-3-15(2)30(13-21(31)28-11-16-7-6-9-19(25)23(16)26)22(32)14-29-12-18(24(27)33)17-8-4-5-10-20(17)29/h4-10,12,15H,3,11,13-14H2,1-2H3,(H2,27,33)(H,28,31)/t15-/m0/s1. The highest BCUT2D eigenvalue weighted by atomic mass is 35.5. The van der Waals surface area contributed by atoms with Gasteiger partial charge >= 0.3 is 0 Å². The summed E-state index contributed by atoms with van der Waals surface area (Å²) in [6, 6.07) is 11.5. The van der Waals surface area contributed by atoms with Crippen molar-refractivity contribution < 1.29 is 18.8 Å². The molecule has 33 heavy (non-hydrogen) atoms. The van der Waals surface area contributed by atoms with Gasteiger partial charge in [0.2, 0.25) is 11.8 Å². The number of fused-ring (bicyclic) bond motifs is 1. The molecule has 0 aliphatic carbocycles. The number of nitrogens with one attached hydrogen (secondary N) is 1. The lowest BCUT2D eigenvalue weighted by molar-refractivity contribution is -0.138. The molecular formula is C24H26ClFN4O3. The molecule has 0 saturated carbocycles. The minimum atomic E-state index is -0.584. The van der Waals surface area contributed by atoms with Crippen molar-refractivity contribution in [2.75, 3.05) is 6.54 Å². The summed E-state index contributed by atoms with van der Waals surface area (Å²) in [5.41, 5.74) is 6.77. The zero-order chi connectivity index (χ0) is 24.1. The summed E-state index contributed by atoms with van der Waals surface area (Å²) in [6.07, 6.45) is 2.20. The van der Waals surface area contributed by atoms with E-state index in [1.165, 1.54) is 17.0 Å². The second-order valence-corrected chi connectivity index (χ2v) is 8.23. The van der Waals surface area contributed by atoms with E-state index in [1.807, 2.05) is 19.9 Å². The Balaban J connectivity index is 1.74. The van der Waals surface area contributed by atoms with Gasteiger partial charge in [0, 0.05) is 35.2 Å². The zero-order valence-electron chi connectivity index (χ0n) is 18.5. The van der Waals surface area contributed by atoms with Crippen molar-refractivity contribution in [3.8, 4) is 0 Å². The van der Waals surface area contributed by atoms with Crippen molar-refractivity contribution in [1.82, 2.24) is 14.8 Å². The maximum absolute atomic E-state index is 14.1. The number of para-hydroxylation sites is 1. The van der Waals surface area contributed by atoms with Crippen LogP contribution in [0.5, 0.6) is 0 Å². The SMILES string of the molecule is CC[C@H](C)N(CC(=O)NCc1cccc(Cl)c1F)C(=O)Cn1cc(C(N)=O)c2ccccc21. The maximum Gasteiger partial charge on any atom is 0.250 e. The summed E-state index contributed by atoms with van der Waals surface area (Å²) in [4.78, 5) is 39.0. The third-order valence-electron chi connectivity index (χ3n) is 5.62. The minimum absolute atomic E-state index is 0.0209. The average Bonchev–Trinajstić information content (AvgIpc) is 3.16. The molecule has 2 aromatic carbocycles. The van der Waals surface area contributed by atoms with Crippen molar-refractivity contribution in [3.63, 3.8) is 0 Å². The number of hydrogen-bond donors (Lipinski definition) is 2. The average molecular weight is 473 g/mol. The van der Waals surface area contributed by atoms with Crippen LogP contribution in [0.25, 0.3) is 10.9 Å². The molecule has 0 bridgehead atoms. The summed E-state index contributed by atoms with van der Waals surface area (Å²) in [6.45, 7) is 3.48. The Labute approximate surface area is 196 Å². The topological polar surface area (TPSA) is 97.4 Å². The Kier molecular flexibility index (Phi) is 7.71. The summed E-state index contributed by atoms with van der Waals surface area (Å²) in [5, 5.41) is 3.28. The number of halogens is 2. The Bertz CT molecular complexity index is 1190. The van der Waals surface area contributed by atoms with Crippen LogP contribution in [-0.4, -0.2) is 39.8 Å².